The van der Waals surface area contributed by atoms with E-state index < -0.39 is 0 Å². The van der Waals surface area contributed by atoms with Gasteiger partial charge in [-0.2, -0.15) is 0 Å². The van der Waals surface area contributed by atoms with E-state index in [1.54, 1.807) is 0 Å². The molecule has 2 bridgehead atoms. The Bertz CT molecular complexity index is 229. The fraction of sp³-hybridized carbons (Fsp3) is 1.00. The molecule has 92 valence electrons. The van der Waals surface area contributed by atoms with Crippen LogP contribution in [-0.4, -0.2) is 25.2 Å². The number of fused-ring (bicyclic) bond motifs is 2. The maximum atomic E-state index is 3.72. The molecule has 2 aliphatic heterocycles. The lowest BCUT2D eigenvalue weighted by Gasteiger charge is -2.29. The molecule has 2 nitrogen and oxygen atoms in total. The topological polar surface area (TPSA) is 24.1 Å². The van der Waals surface area contributed by atoms with E-state index in [4.69, 9.17) is 0 Å². The minimum absolute atomic E-state index is 0.868. The Hall–Kier alpha value is -0.0800. The van der Waals surface area contributed by atoms with Crippen molar-refractivity contribution in [3.05, 3.63) is 0 Å². The Balaban J connectivity index is 1.30. The molecule has 2 heterocycles. The average molecular weight is 222 g/mol. The highest BCUT2D eigenvalue weighted by atomic mass is 15.0. The zero-order valence-electron chi connectivity index (χ0n) is 10.5. The third-order valence-electron chi connectivity index (χ3n) is 4.98. The minimum Gasteiger partial charge on any atom is -0.316 e. The van der Waals surface area contributed by atoms with Gasteiger partial charge in [0.2, 0.25) is 0 Å². The second kappa shape index (κ2) is 4.66. The summed E-state index contributed by atoms with van der Waals surface area (Å²) in [5.41, 5.74) is 0. The van der Waals surface area contributed by atoms with Gasteiger partial charge in [-0.3, -0.25) is 0 Å². The van der Waals surface area contributed by atoms with Crippen LogP contribution >= 0.6 is 0 Å². The smallest absolute Gasteiger partial charge is 0.00728 e. The Morgan fingerprint density at radius 1 is 1.12 bits per heavy atom. The maximum Gasteiger partial charge on any atom is 0.00728 e. The van der Waals surface area contributed by atoms with Crippen LogP contribution in [0.25, 0.3) is 0 Å². The summed E-state index contributed by atoms with van der Waals surface area (Å²) in [5, 5.41) is 7.38. The summed E-state index contributed by atoms with van der Waals surface area (Å²) >= 11 is 0. The first-order chi connectivity index (χ1) is 7.81. The van der Waals surface area contributed by atoms with Crippen LogP contribution in [0.1, 0.15) is 45.4 Å². The van der Waals surface area contributed by atoms with Gasteiger partial charge in [0.1, 0.15) is 0 Å². The second-order valence-electron chi connectivity index (χ2n) is 6.44. The first-order valence-electron chi connectivity index (χ1n) is 7.28. The van der Waals surface area contributed by atoms with Crippen molar-refractivity contribution in [1.29, 1.82) is 0 Å². The van der Waals surface area contributed by atoms with E-state index in [0.717, 1.165) is 29.8 Å². The molecule has 0 aromatic rings. The van der Waals surface area contributed by atoms with Gasteiger partial charge in [-0.15, -0.1) is 0 Å². The van der Waals surface area contributed by atoms with Gasteiger partial charge in [0.05, 0.1) is 0 Å². The van der Waals surface area contributed by atoms with Crippen LogP contribution in [0.5, 0.6) is 0 Å². The van der Waals surface area contributed by atoms with Crippen molar-refractivity contribution in [2.24, 2.45) is 17.8 Å². The third kappa shape index (κ3) is 2.60. The van der Waals surface area contributed by atoms with Crippen molar-refractivity contribution in [3.63, 3.8) is 0 Å². The zero-order chi connectivity index (χ0) is 11.0. The first kappa shape index (κ1) is 11.0. The fourth-order valence-electron chi connectivity index (χ4n) is 3.69. The molecule has 16 heavy (non-hydrogen) atoms. The molecule has 0 aromatic heterocycles. The van der Waals surface area contributed by atoms with Crippen LogP contribution in [0, 0.1) is 17.8 Å². The normalized spacial score (nSPS) is 45.9. The van der Waals surface area contributed by atoms with Gasteiger partial charge < -0.3 is 10.6 Å². The molecule has 2 heteroatoms. The summed E-state index contributed by atoms with van der Waals surface area (Å²) in [5.74, 6) is 3.01. The molecule has 1 aliphatic carbocycles. The van der Waals surface area contributed by atoms with Crippen molar-refractivity contribution in [3.8, 4) is 0 Å². The summed E-state index contributed by atoms with van der Waals surface area (Å²) in [4.78, 5) is 0. The number of rotatable bonds is 5. The highest BCUT2D eigenvalue weighted by molar-refractivity contribution is 4.92. The maximum absolute atomic E-state index is 3.72. The summed E-state index contributed by atoms with van der Waals surface area (Å²) < 4.78 is 0. The lowest BCUT2D eigenvalue weighted by atomic mass is 9.90. The van der Waals surface area contributed by atoms with Crippen LogP contribution in [0.2, 0.25) is 0 Å². The molecule has 3 rings (SSSR count). The van der Waals surface area contributed by atoms with E-state index in [-0.39, 0.29) is 0 Å². The van der Waals surface area contributed by atoms with Gasteiger partial charge >= 0.3 is 0 Å². The van der Waals surface area contributed by atoms with Gasteiger partial charge in [-0.05, 0) is 69.4 Å². The zero-order valence-corrected chi connectivity index (χ0v) is 10.5. The van der Waals surface area contributed by atoms with Gasteiger partial charge in [0, 0.05) is 12.1 Å². The molecule has 0 amide bonds. The number of hydrogen-bond acceptors (Lipinski definition) is 2. The summed E-state index contributed by atoms with van der Waals surface area (Å²) in [6.45, 7) is 4.91. The van der Waals surface area contributed by atoms with Crippen LogP contribution < -0.4 is 10.6 Å². The lowest BCUT2D eigenvalue weighted by Crippen LogP contribution is -2.38. The second-order valence-corrected chi connectivity index (χ2v) is 6.44. The van der Waals surface area contributed by atoms with Crippen LogP contribution in [0.4, 0.5) is 0 Å². The predicted octanol–water partition coefficient (Wildman–Crippen LogP) is 2.15. The van der Waals surface area contributed by atoms with Gasteiger partial charge in [0.15, 0.2) is 0 Å². The average Bonchev–Trinajstić information content (AvgIpc) is 2.87. The van der Waals surface area contributed by atoms with Crippen LogP contribution in [0.15, 0.2) is 0 Å². The molecular weight excluding hydrogens is 196 g/mol. The van der Waals surface area contributed by atoms with Crippen molar-refractivity contribution in [2.75, 3.05) is 13.1 Å². The van der Waals surface area contributed by atoms with E-state index in [9.17, 15) is 0 Å². The summed E-state index contributed by atoms with van der Waals surface area (Å²) in [7, 11) is 0. The predicted molar refractivity (Wildman–Crippen MR) is 67.4 cm³/mol. The van der Waals surface area contributed by atoms with Gasteiger partial charge in [-0.25, -0.2) is 0 Å². The lowest BCUT2D eigenvalue weighted by molar-refractivity contribution is 0.283. The molecule has 0 radical (unpaired) electrons. The molecule has 0 spiro atoms. The first-order valence-corrected chi connectivity index (χ1v) is 7.28. The number of piperidine rings is 1. The standard InChI is InChI=1S/C14H26N2/c1-10-6-12(10)9-15-5-4-11-7-13-2-3-14(8-11)16-13/h10-16H,2-9H2,1H3. The molecular formula is C14H26N2. The molecule has 3 aliphatic rings. The van der Waals surface area contributed by atoms with Crippen molar-refractivity contribution >= 4 is 0 Å². The van der Waals surface area contributed by atoms with Crippen molar-refractivity contribution in [2.45, 2.75) is 57.5 Å². The Morgan fingerprint density at radius 3 is 2.44 bits per heavy atom. The Kier molecular flexibility index (Phi) is 3.21. The molecule has 0 aromatic carbocycles. The highest BCUT2D eigenvalue weighted by Gasteiger charge is 2.33. The fourth-order valence-corrected chi connectivity index (χ4v) is 3.69. The van der Waals surface area contributed by atoms with E-state index in [1.807, 2.05) is 0 Å². The number of hydrogen-bond donors (Lipinski definition) is 2. The van der Waals surface area contributed by atoms with E-state index in [0.29, 0.717) is 0 Å². The minimum atomic E-state index is 0.868. The molecule has 3 fully saturated rings. The quantitative estimate of drug-likeness (QED) is 0.697. The highest BCUT2D eigenvalue weighted by Crippen LogP contribution is 2.37. The molecule has 1 saturated carbocycles. The monoisotopic (exact) mass is 222 g/mol. The molecule has 4 atom stereocenters. The number of nitrogens with one attached hydrogen (secondary N) is 2. The van der Waals surface area contributed by atoms with E-state index in [1.165, 1.54) is 51.6 Å². The van der Waals surface area contributed by atoms with Gasteiger partial charge in [0.25, 0.3) is 0 Å². The SMILES string of the molecule is CC1CC1CNCCC1CC2CCC(C1)N2. The summed E-state index contributed by atoms with van der Waals surface area (Å²) in [6.07, 6.45) is 8.64. The molecule has 4 unspecified atom stereocenters. The largest absolute Gasteiger partial charge is 0.316 e. The van der Waals surface area contributed by atoms with Crippen molar-refractivity contribution < 1.29 is 0 Å². The van der Waals surface area contributed by atoms with Gasteiger partial charge in [-0.1, -0.05) is 6.92 Å². The molecule has 2 saturated heterocycles. The third-order valence-corrected chi connectivity index (χ3v) is 4.98. The Morgan fingerprint density at radius 2 is 1.81 bits per heavy atom. The summed E-state index contributed by atoms with van der Waals surface area (Å²) in [6, 6.07) is 1.74. The Labute approximate surface area is 99.6 Å². The molecule has 2 N–H and O–H groups in total. The van der Waals surface area contributed by atoms with E-state index in [2.05, 4.69) is 17.6 Å². The van der Waals surface area contributed by atoms with Crippen LogP contribution in [-0.2, 0) is 0 Å². The van der Waals surface area contributed by atoms with E-state index >= 15 is 0 Å². The van der Waals surface area contributed by atoms with Crippen LogP contribution in [0.3, 0.4) is 0 Å². The van der Waals surface area contributed by atoms with Crippen molar-refractivity contribution in [1.82, 2.24) is 10.6 Å².